The van der Waals surface area contributed by atoms with E-state index < -0.39 is 0 Å². The first-order chi connectivity index (χ1) is 8.72. The molecule has 2 N–H and O–H groups in total. The van der Waals surface area contributed by atoms with Gasteiger partial charge in [-0.3, -0.25) is 4.90 Å². The van der Waals surface area contributed by atoms with Gasteiger partial charge in [-0.2, -0.15) is 0 Å². The molecule has 3 atom stereocenters. The third-order valence-electron chi connectivity index (χ3n) is 4.79. The minimum Gasteiger partial charge on any atom is -0.330 e. The molecule has 0 spiro atoms. The lowest BCUT2D eigenvalue weighted by atomic mass is 9.86. The van der Waals surface area contributed by atoms with Crippen LogP contribution in [0.25, 0.3) is 0 Å². The van der Waals surface area contributed by atoms with Crippen LogP contribution >= 0.6 is 0 Å². The lowest BCUT2D eigenvalue weighted by Crippen LogP contribution is -2.29. The Labute approximate surface area is 110 Å². The van der Waals surface area contributed by atoms with Crippen molar-refractivity contribution in [2.75, 3.05) is 19.6 Å². The van der Waals surface area contributed by atoms with Crippen molar-refractivity contribution in [3.05, 3.63) is 35.9 Å². The van der Waals surface area contributed by atoms with Crippen LogP contribution in [0.4, 0.5) is 0 Å². The highest BCUT2D eigenvalue weighted by Gasteiger charge is 2.47. The van der Waals surface area contributed by atoms with E-state index in [2.05, 4.69) is 42.2 Å². The summed E-state index contributed by atoms with van der Waals surface area (Å²) in [6.07, 6.45) is 3.84. The molecule has 0 bridgehead atoms. The molecule has 0 aromatic heterocycles. The minimum absolute atomic E-state index is 0.471. The molecule has 3 rings (SSSR count). The first kappa shape index (κ1) is 12.2. The van der Waals surface area contributed by atoms with Gasteiger partial charge >= 0.3 is 0 Å². The Bertz CT molecular complexity index is 403. The molecule has 0 amide bonds. The molecule has 1 saturated heterocycles. The standard InChI is InChI=1S/C16H24N2/c1-16(7-9-17)8-10-18(12-16)15-11-14(15)13-5-3-2-4-6-13/h2-6,14-15H,7-12,17H2,1H3. The quantitative estimate of drug-likeness (QED) is 0.882. The second kappa shape index (κ2) is 4.67. The van der Waals surface area contributed by atoms with E-state index in [9.17, 15) is 0 Å². The maximum Gasteiger partial charge on any atom is 0.0171 e. The van der Waals surface area contributed by atoms with E-state index in [0.717, 1.165) is 18.5 Å². The highest BCUT2D eigenvalue weighted by atomic mass is 15.2. The fourth-order valence-corrected chi connectivity index (χ4v) is 3.54. The normalized spacial score (nSPS) is 35.9. The van der Waals surface area contributed by atoms with Crippen molar-refractivity contribution in [3.8, 4) is 0 Å². The van der Waals surface area contributed by atoms with Crippen LogP contribution in [0.5, 0.6) is 0 Å². The highest BCUT2D eigenvalue weighted by Crippen LogP contribution is 2.48. The largest absolute Gasteiger partial charge is 0.330 e. The molecule has 2 nitrogen and oxygen atoms in total. The van der Waals surface area contributed by atoms with Gasteiger partial charge in [0.25, 0.3) is 0 Å². The molecular formula is C16H24N2. The number of benzene rings is 1. The molecule has 1 aliphatic heterocycles. The molecule has 2 fully saturated rings. The van der Waals surface area contributed by atoms with Crippen molar-refractivity contribution in [1.82, 2.24) is 4.90 Å². The second-order valence-electron chi connectivity index (χ2n) is 6.39. The van der Waals surface area contributed by atoms with Crippen molar-refractivity contribution in [2.24, 2.45) is 11.1 Å². The van der Waals surface area contributed by atoms with Crippen molar-refractivity contribution < 1.29 is 0 Å². The molecule has 98 valence electrons. The van der Waals surface area contributed by atoms with E-state index in [-0.39, 0.29) is 0 Å². The Hall–Kier alpha value is -0.860. The Balaban J connectivity index is 1.60. The average Bonchev–Trinajstić information content (AvgIpc) is 3.09. The molecule has 1 saturated carbocycles. The topological polar surface area (TPSA) is 29.3 Å². The summed E-state index contributed by atoms with van der Waals surface area (Å²) in [5.74, 6) is 0.784. The zero-order valence-electron chi connectivity index (χ0n) is 11.3. The number of hydrogen-bond acceptors (Lipinski definition) is 2. The van der Waals surface area contributed by atoms with E-state index >= 15 is 0 Å². The number of nitrogens with zero attached hydrogens (tertiary/aromatic N) is 1. The fraction of sp³-hybridized carbons (Fsp3) is 0.625. The van der Waals surface area contributed by atoms with Crippen molar-refractivity contribution in [3.63, 3.8) is 0 Å². The van der Waals surface area contributed by atoms with Gasteiger partial charge in [0.2, 0.25) is 0 Å². The molecule has 18 heavy (non-hydrogen) atoms. The third-order valence-corrected chi connectivity index (χ3v) is 4.79. The van der Waals surface area contributed by atoms with E-state index in [1.165, 1.54) is 37.9 Å². The Morgan fingerprint density at radius 3 is 2.83 bits per heavy atom. The summed E-state index contributed by atoms with van der Waals surface area (Å²) >= 11 is 0. The maximum atomic E-state index is 5.73. The molecule has 2 aliphatic rings. The van der Waals surface area contributed by atoms with Gasteiger partial charge in [0.1, 0.15) is 0 Å². The van der Waals surface area contributed by atoms with Gasteiger partial charge in [-0.15, -0.1) is 0 Å². The SMILES string of the molecule is CC1(CCN)CCN(C2CC2c2ccccc2)C1. The van der Waals surface area contributed by atoms with E-state index in [0.29, 0.717) is 5.41 Å². The highest BCUT2D eigenvalue weighted by molar-refractivity contribution is 5.28. The third kappa shape index (κ3) is 2.32. The second-order valence-corrected chi connectivity index (χ2v) is 6.39. The lowest BCUT2D eigenvalue weighted by molar-refractivity contribution is 0.255. The molecule has 3 unspecified atom stereocenters. The van der Waals surface area contributed by atoms with Crippen LogP contribution in [-0.4, -0.2) is 30.6 Å². The van der Waals surface area contributed by atoms with Crippen LogP contribution in [0.15, 0.2) is 30.3 Å². The van der Waals surface area contributed by atoms with Crippen molar-refractivity contribution in [2.45, 2.75) is 38.1 Å². The van der Waals surface area contributed by atoms with Crippen molar-refractivity contribution >= 4 is 0 Å². The fourth-order valence-electron chi connectivity index (χ4n) is 3.54. The first-order valence-corrected chi connectivity index (χ1v) is 7.21. The van der Waals surface area contributed by atoms with Gasteiger partial charge in [0.05, 0.1) is 0 Å². The van der Waals surface area contributed by atoms with E-state index in [1.807, 2.05) is 0 Å². The zero-order valence-corrected chi connectivity index (χ0v) is 11.3. The smallest absolute Gasteiger partial charge is 0.0171 e. The van der Waals surface area contributed by atoms with Crippen LogP contribution in [-0.2, 0) is 0 Å². The van der Waals surface area contributed by atoms with Gasteiger partial charge in [-0.05, 0) is 43.3 Å². The van der Waals surface area contributed by atoms with Gasteiger partial charge in [0, 0.05) is 18.5 Å². The predicted molar refractivity (Wildman–Crippen MR) is 75.6 cm³/mol. The van der Waals surface area contributed by atoms with Gasteiger partial charge in [-0.25, -0.2) is 0 Å². The zero-order chi connectivity index (χ0) is 12.6. The molecule has 1 heterocycles. The molecule has 0 radical (unpaired) electrons. The summed E-state index contributed by atoms with van der Waals surface area (Å²) in [6.45, 7) is 5.75. The number of nitrogens with two attached hydrogens (primary N) is 1. The summed E-state index contributed by atoms with van der Waals surface area (Å²) < 4.78 is 0. The van der Waals surface area contributed by atoms with Crippen LogP contribution in [0.3, 0.4) is 0 Å². The Morgan fingerprint density at radius 2 is 2.11 bits per heavy atom. The van der Waals surface area contributed by atoms with E-state index in [4.69, 9.17) is 5.73 Å². The molecule has 2 heteroatoms. The average molecular weight is 244 g/mol. The summed E-state index contributed by atoms with van der Waals surface area (Å²) in [5.41, 5.74) is 7.72. The molecule has 1 aromatic rings. The van der Waals surface area contributed by atoms with Gasteiger partial charge in [0.15, 0.2) is 0 Å². The molecule has 1 aliphatic carbocycles. The maximum absolute atomic E-state index is 5.73. The van der Waals surface area contributed by atoms with Crippen LogP contribution in [0, 0.1) is 5.41 Å². The summed E-state index contributed by atoms with van der Waals surface area (Å²) in [4.78, 5) is 2.70. The van der Waals surface area contributed by atoms with Crippen LogP contribution < -0.4 is 5.73 Å². The predicted octanol–water partition coefficient (Wildman–Crippen LogP) is 2.60. The summed E-state index contributed by atoms with van der Waals surface area (Å²) in [7, 11) is 0. The molecular weight excluding hydrogens is 220 g/mol. The minimum atomic E-state index is 0.471. The first-order valence-electron chi connectivity index (χ1n) is 7.21. The molecule has 1 aromatic carbocycles. The van der Waals surface area contributed by atoms with Crippen LogP contribution in [0.2, 0.25) is 0 Å². The van der Waals surface area contributed by atoms with Gasteiger partial charge < -0.3 is 5.73 Å². The Kier molecular flexibility index (Phi) is 3.16. The number of rotatable bonds is 4. The number of likely N-dealkylation sites (tertiary alicyclic amines) is 1. The lowest BCUT2D eigenvalue weighted by Gasteiger charge is -2.24. The van der Waals surface area contributed by atoms with Gasteiger partial charge in [-0.1, -0.05) is 37.3 Å². The summed E-state index contributed by atoms with van der Waals surface area (Å²) in [5, 5.41) is 0. The number of hydrogen-bond donors (Lipinski definition) is 1. The van der Waals surface area contributed by atoms with E-state index in [1.54, 1.807) is 0 Å². The monoisotopic (exact) mass is 244 g/mol. The Morgan fingerprint density at radius 1 is 1.33 bits per heavy atom. The van der Waals surface area contributed by atoms with Crippen molar-refractivity contribution in [1.29, 1.82) is 0 Å². The van der Waals surface area contributed by atoms with Crippen LogP contribution in [0.1, 0.15) is 37.7 Å². The summed E-state index contributed by atoms with van der Waals surface area (Å²) in [6, 6.07) is 11.8.